The standard InChI is InChI=1S/C18H26N2OS/c1-3-12-20(18(21)16-9-6-7-10-16)13-8-4-5-11-17-14-22-15(2)19-17/h14,16H,3,6-13H2,1-2H3. The molecule has 0 saturated heterocycles. The molecule has 0 spiro atoms. The zero-order valence-corrected chi connectivity index (χ0v) is 14.5. The lowest BCUT2D eigenvalue weighted by molar-refractivity contribution is -0.135. The quantitative estimate of drug-likeness (QED) is 0.747. The SMILES string of the molecule is CCCN(CCC#CCc1csc(C)n1)C(=O)C1CCCC1. The number of aryl methyl sites for hydroxylation is 1. The van der Waals surface area contributed by atoms with Crippen LogP contribution in [0.25, 0.3) is 0 Å². The Kier molecular flexibility index (Phi) is 6.92. The third-order valence-electron chi connectivity index (χ3n) is 4.08. The van der Waals surface area contributed by atoms with E-state index in [-0.39, 0.29) is 5.92 Å². The second kappa shape index (κ2) is 8.95. The Hall–Kier alpha value is -1.34. The Morgan fingerprint density at radius 2 is 2.14 bits per heavy atom. The van der Waals surface area contributed by atoms with E-state index in [0.717, 1.165) is 49.5 Å². The van der Waals surface area contributed by atoms with Crippen molar-refractivity contribution in [3.8, 4) is 11.8 Å². The highest BCUT2D eigenvalue weighted by Crippen LogP contribution is 2.26. The van der Waals surface area contributed by atoms with Gasteiger partial charge < -0.3 is 4.90 Å². The van der Waals surface area contributed by atoms with Gasteiger partial charge in [-0.2, -0.15) is 0 Å². The van der Waals surface area contributed by atoms with Crippen molar-refractivity contribution in [3.05, 3.63) is 16.1 Å². The summed E-state index contributed by atoms with van der Waals surface area (Å²) >= 11 is 1.67. The first-order valence-corrected chi connectivity index (χ1v) is 9.24. The summed E-state index contributed by atoms with van der Waals surface area (Å²) in [6.07, 6.45) is 7.08. The summed E-state index contributed by atoms with van der Waals surface area (Å²) in [7, 11) is 0. The minimum absolute atomic E-state index is 0.275. The first kappa shape index (κ1) is 17.0. The van der Waals surface area contributed by atoms with Crippen LogP contribution in [-0.2, 0) is 11.2 Å². The molecule has 1 aliphatic rings. The molecular formula is C18H26N2OS. The molecule has 4 heteroatoms. The van der Waals surface area contributed by atoms with Gasteiger partial charge in [0.05, 0.1) is 17.1 Å². The fraction of sp³-hybridized carbons (Fsp3) is 0.667. The first-order valence-electron chi connectivity index (χ1n) is 8.36. The van der Waals surface area contributed by atoms with Gasteiger partial charge >= 0.3 is 0 Å². The summed E-state index contributed by atoms with van der Waals surface area (Å²) in [5.41, 5.74) is 1.06. The third-order valence-corrected chi connectivity index (χ3v) is 4.90. The Morgan fingerprint density at radius 1 is 1.36 bits per heavy atom. The van der Waals surface area contributed by atoms with E-state index in [0.29, 0.717) is 12.3 Å². The van der Waals surface area contributed by atoms with Gasteiger partial charge in [-0.15, -0.1) is 17.3 Å². The van der Waals surface area contributed by atoms with Crippen LogP contribution in [0.1, 0.15) is 56.2 Å². The lowest BCUT2D eigenvalue weighted by Gasteiger charge is -2.24. The van der Waals surface area contributed by atoms with Gasteiger partial charge in [0.15, 0.2) is 0 Å². The summed E-state index contributed by atoms with van der Waals surface area (Å²) in [4.78, 5) is 18.9. The van der Waals surface area contributed by atoms with Gasteiger partial charge in [0.25, 0.3) is 0 Å². The zero-order valence-electron chi connectivity index (χ0n) is 13.7. The van der Waals surface area contributed by atoms with E-state index in [4.69, 9.17) is 0 Å². The molecule has 0 radical (unpaired) electrons. The Bertz CT molecular complexity index is 535. The van der Waals surface area contributed by atoms with Crippen molar-refractivity contribution in [2.45, 2.75) is 58.8 Å². The predicted molar refractivity (Wildman–Crippen MR) is 91.8 cm³/mol. The van der Waals surface area contributed by atoms with Crippen molar-refractivity contribution in [3.63, 3.8) is 0 Å². The summed E-state index contributed by atoms with van der Waals surface area (Å²) < 4.78 is 0. The molecule has 120 valence electrons. The summed E-state index contributed by atoms with van der Waals surface area (Å²) in [5, 5.41) is 3.16. The minimum atomic E-state index is 0.275. The van der Waals surface area contributed by atoms with Crippen LogP contribution in [0.3, 0.4) is 0 Å². The maximum absolute atomic E-state index is 12.5. The molecule has 1 amide bonds. The molecular weight excluding hydrogens is 292 g/mol. The van der Waals surface area contributed by atoms with Crippen LogP contribution in [0.4, 0.5) is 0 Å². The number of thiazole rings is 1. The van der Waals surface area contributed by atoms with Crippen molar-refractivity contribution in [2.75, 3.05) is 13.1 Å². The molecule has 1 heterocycles. The van der Waals surface area contributed by atoms with Crippen molar-refractivity contribution < 1.29 is 4.79 Å². The van der Waals surface area contributed by atoms with Crippen LogP contribution in [0, 0.1) is 24.7 Å². The molecule has 1 saturated carbocycles. The smallest absolute Gasteiger partial charge is 0.225 e. The van der Waals surface area contributed by atoms with E-state index < -0.39 is 0 Å². The van der Waals surface area contributed by atoms with Crippen molar-refractivity contribution in [2.24, 2.45) is 5.92 Å². The molecule has 2 rings (SSSR count). The van der Waals surface area contributed by atoms with Gasteiger partial charge in [-0.25, -0.2) is 4.98 Å². The van der Waals surface area contributed by atoms with Crippen molar-refractivity contribution in [1.82, 2.24) is 9.88 Å². The molecule has 0 atom stereocenters. The summed E-state index contributed by atoms with van der Waals surface area (Å²) in [5.74, 6) is 7.01. The maximum atomic E-state index is 12.5. The molecule has 0 unspecified atom stereocenters. The van der Waals surface area contributed by atoms with E-state index in [2.05, 4.69) is 29.1 Å². The maximum Gasteiger partial charge on any atom is 0.225 e. The van der Waals surface area contributed by atoms with Gasteiger partial charge in [0.1, 0.15) is 0 Å². The Labute approximate surface area is 138 Å². The lowest BCUT2D eigenvalue weighted by Crippen LogP contribution is -2.36. The molecule has 1 aliphatic carbocycles. The topological polar surface area (TPSA) is 33.2 Å². The van der Waals surface area contributed by atoms with Crippen LogP contribution < -0.4 is 0 Å². The average Bonchev–Trinajstić information content (AvgIpc) is 3.17. The van der Waals surface area contributed by atoms with Crippen LogP contribution >= 0.6 is 11.3 Å². The van der Waals surface area contributed by atoms with Gasteiger partial charge in [0, 0.05) is 30.8 Å². The highest BCUT2D eigenvalue weighted by Gasteiger charge is 2.26. The highest BCUT2D eigenvalue weighted by molar-refractivity contribution is 7.09. The normalized spacial score (nSPS) is 14.6. The number of hydrogen-bond acceptors (Lipinski definition) is 3. The van der Waals surface area contributed by atoms with Crippen molar-refractivity contribution >= 4 is 17.2 Å². The largest absolute Gasteiger partial charge is 0.342 e. The van der Waals surface area contributed by atoms with E-state index >= 15 is 0 Å². The second-order valence-corrected chi connectivity index (χ2v) is 7.01. The number of aromatic nitrogens is 1. The monoisotopic (exact) mass is 318 g/mol. The summed E-state index contributed by atoms with van der Waals surface area (Å²) in [6, 6.07) is 0. The summed E-state index contributed by atoms with van der Waals surface area (Å²) in [6.45, 7) is 5.78. The van der Waals surface area contributed by atoms with Gasteiger partial charge in [-0.1, -0.05) is 25.7 Å². The van der Waals surface area contributed by atoms with Crippen molar-refractivity contribution in [1.29, 1.82) is 0 Å². The number of carbonyl (C=O) groups excluding carboxylic acids is 1. The first-order chi connectivity index (χ1) is 10.7. The second-order valence-electron chi connectivity index (χ2n) is 5.94. The van der Waals surface area contributed by atoms with Gasteiger partial charge in [-0.3, -0.25) is 4.79 Å². The highest BCUT2D eigenvalue weighted by atomic mass is 32.1. The van der Waals surface area contributed by atoms with Crippen LogP contribution in [0.15, 0.2) is 5.38 Å². The number of carbonyl (C=O) groups is 1. The van der Waals surface area contributed by atoms with Gasteiger partial charge in [-0.05, 0) is 26.2 Å². The van der Waals surface area contributed by atoms with Crippen LogP contribution in [0.5, 0.6) is 0 Å². The zero-order chi connectivity index (χ0) is 15.8. The number of rotatable bonds is 6. The van der Waals surface area contributed by atoms with E-state index in [1.54, 1.807) is 11.3 Å². The molecule has 0 bridgehead atoms. The molecule has 0 N–H and O–H groups in total. The Balaban J connectivity index is 1.77. The number of hydrogen-bond donors (Lipinski definition) is 0. The number of nitrogens with zero attached hydrogens (tertiary/aromatic N) is 2. The molecule has 3 nitrogen and oxygen atoms in total. The van der Waals surface area contributed by atoms with E-state index in [1.165, 1.54) is 12.8 Å². The fourth-order valence-corrected chi connectivity index (χ4v) is 3.57. The molecule has 22 heavy (non-hydrogen) atoms. The predicted octanol–water partition coefficient (Wildman–Crippen LogP) is 3.82. The molecule has 0 aliphatic heterocycles. The van der Waals surface area contributed by atoms with E-state index in [1.807, 2.05) is 11.8 Å². The Morgan fingerprint density at radius 3 is 2.77 bits per heavy atom. The molecule has 1 fully saturated rings. The average molecular weight is 318 g/mol. The van der Waals surface area contributed by atoms with Crippen LogP contribution in [0.2, 0.25) is 0 Å². The molecule has 1 aromatic rings. The third kappa shape index (κ3) is 5.14. The minimum Gasteiger partial charge on any atom is -0.342 e. The van der Waals surface area contributed by atoms with Gasteiger partial charge in [0.2, 0.25) is 5.91 Å². The lowest BCUT2D eigenvalue weighted by atomic mass is 10.1. The van der Waals surface area contributed by atoms with Crippen LogP contribution in [-0.4, -0.2) is 28.9 Å². The molecule has 1 aromatic heterocycles. The fourth-order valence-electron chi connectivity index (χ4n) is 2.95. The molecule has 0 aromatic carbocycles. The van der Waals surface area contributed by atoms with E-state index in [9.17, 15) is 4.79 Å². The number of amides is 1.